The normalized spacial score (nSPS) is 15.3. The molecular formula is C11H13NO3S. The summed E-state index contributed by atoms with van der Waals surface area (Å²) in [6, 6.07) is 3.79. The van der Waals surface area contributed by atoms with Crippen LogP contribution >= 0.6 is 11.3 Å². The Morgan fingerprint density at radius 2 is 2.38 bits per heavy atom. The number of hydrogen-bond acceptors (Lipinski definition) is 4. The van der Waals surface area contributed by atoms with Crippen molar-refractivity contribution in [1.82, 2.24) is 4.90 Å². The van der Waals surface area contributed by atoms with Gasteiger partial charge in [0.25, 0.3) is 0 Å². The molecule has 4 nitrogen and oxygen atoms in total. The highest BCUT2D eigenvalue weighted by Crippen LogP contribution is 2.18. The van der Waals surface area contributed by atoms with Crippen molar-refractivity contribution in [2.24, 2.45) is 0 Å². The number of carbonyl (C=O) groups is 2. The molecule has 1 fully saturated rings. The lowest BCUT2D eigenvalue weighted by atomic mass is 10.3. The molecule has 0 atom stereocenters. The van der Waals surface area contributed by atoms with Gasteiger partial charge in [0.1, 0.15) is 6.61 Å². The Labute approximate surface area is 97.8 Å². The minimum absolute atomic E-state index is 0.0106. The van der Waals surface area contributed by atoms with Crippen LogP contribution in [-0.2, 0) is 11.2 Å². The molecule has 1 amide bonds. The maximum Gasteiger partial charge on any atom is 0.410 e. The maximum absolute atomic E-state index is 11.8. The first-order valence-corrected chi connectivity index (χ1v) is 6.06. The van der Waals surface area contributed by atoms with E-state index in [4.69, 9.17) is 4.74 Å². The first-order valence-electron chi connectivity index (χ1n) is 5.24. The monoisotopic (exact) mass is 239 g/mol. The zero-order chi connectivity index (χ0) is 11.5. The van der Waals surface area contributed by atoms with Gasteiger partial charge in [-0.15, -0.1) is 11.3 Å². The van der Waals surface area contributed by atoms with E-state index in [1.807, 2.05) is 12.1 Å². The van der Waals surface area contributed by atoms with Crippen molar-refractivity contribution in [2.45, 2.75) is 13.3 Å². The lowest BCUT2D eigenvalue weighted by molar-refractivity contribution is 0.0947. The predicted molar refractivity (Wildman–Crippen MR) is 60.9 cm³/mol. The largest absolute Gasteiger partial charge is 0.448 e. The highest BCUT2D eigenvalue weighted by Gasteiger charge is 2.24. The van der Waals surface area contributed by atoms with Crippen molar-refractivity contribution in [3.63, 3.8) is 0 Å². The van der Waals surface area contributed by atoms with E-state index in [1.54, 1.807) is 0 Å². The summed E-state index contributed by atoms with van der Waals surface area (Å²) in [5, 5.41) is 0. The van der Waals surface area contributed by atoms with Gasteiger partial charge >= 0.3 is 6.09 Å². The zero-order valence-electron chi connectivity index (χ0n) is 9.06. The SMILES string of the molecule is CCc1ccc(C(=O)CN2CCOC2=O)s1. The fourth-order valence-corrected chi connectivity index (χ4v) is 2.42. The number of thiophene rings is 1. The van der Waals surface area contributed by atoms with E-state index in [0.29, 0.717) is 13.2 Å². The third-order valence-corrected chi connectivity index (χ3v) is 3.73. The van der Waals surface area contributed by atoms with E-state index in [1.165, 1.54) is 21.1 Å². The zero-order valence-corrected chi connectivity index (χ0v) is 9.88. The molecule has 0 aromatic carbocycles. The average Bonchev–Trinajstić information content (AvgIpc) is 2.88. The van der Waals surface area contributed by atoms with E-state index in [9.17, 15) is 9.59 Å². The van der Waals surface area contributed by atoms with Crippen LogP contribution in [0.25, 0.3) is 0 Å². The fourth-order valence-electron chi connectivity index (χ4n) is 1.54. The molecule has 0 aliphatic carbocycles. The van der Waals surface area contributed by atoms with Gasteiger partial charge in [-0.25, -0.2) is 4.79 Å². The summed E-state index contributed by atoms with van der Waals surface area (Å²) in [6.45, 7) is 3.08. The molecule has 0 N–H and O–H groups in total. The van der Waals surface area contributed by atoms with Crippen molar-refractivity contribution in [3.8, 4) is 0 Å². The highest BCUT2D eigenvalue weighted by atomic mass is 32.1. The molecule has 1 aliphatic rings. The summed E-state index contributed by atoms with van der Waals surface area (Å²) in [5.74, 6) is -0.0106. The number of aryl methyl sites for hydroxylation is 1. The molecule has 1 aromatic heterocycles. The molecule has 16 heavy (non-hydrogen) atoms. The van der Waals surface area contributed by atoms with Crippen LogP contribution < -0.4 is 0 Å². The Balaban J connectivity index is 1.99. The van der Waals surface area contributed by atoms with Gasteiger partial charge in [0.2, 0.25) is 0 Å². The summed E-state index contributed by atoms with van der Waals surface area (Å²) < 4.78 is 4.77. The lowest BCUT2D eigenvalue weighted by Crippen LogP contribution is -2.30. The summed E-state index contributed by atoms with van der Waals surface area (Å²) in [4.78, 5) is 26.3. The van der Waals surface area contributed by atoms with Crippen molar-refractivity contribution >= 4 is 23.2 Å². The van der Waals surface area contributed by atoms with Gasteiger partial charge in [-0.05, 0) is 18.6 Å². The van der Waals surface area contributed by atoms with E-state index < -0.39 is 0 Å². The molecule has 5 heteroatoms. The van der Waals surface area contributed by atoms with Gasteiger partial charge in [-0.1, -0.05) is 6.92 Å². The van der Waals surface area contributed by atoms with Crippen molar-refractivity contribution in [1.29, 1.82) is 0 Å². The molecule has 2 rings (SSSR count). The van der Waals surface area contributed by atoms with Crippen LogP contribution in [0.2, 0.25) is 0 Å². The first kappa shape index (κ1) is 11.1. The fraction of sp³-hybridized carbons (Fsp3) is 0.455. The molecular weight excluding hydrogens is 226 g/mol. The van der Waals surface area contributed by atoms with Crippen molar-refractivity contribution in [2.75, 3.05) is 19.7 Å². The number of hydrogen-bond donors (Lipinski definition) is 0. The summed E-state index contributed by atoms with van der Waals surface area (Å²) in [7, 11) is 0. The maximum atomic E-state index is 11.8. The van der Waals surface area contributed by atoms with Gasteiger partial charge in [0, 0.05) is 4.88 Å². The number of ether oxygens (including phenoxy) is 1. The molecule has 0 saturated carbocycles. The Kier molecular flexibility index (Phi) is 3.24. The van der Waals surface area contributed by atoms with Crippen LogP contribution in [0.5, 0.6) is 0 Å². The lowest BCUT2D eigenvalue weighted by Gasteiger charge is -2.09. The average molecular weight is 239 g/mol. The molecule has 0 bridgehead atoms. The molecule has 0 radical (unpaired) electrons. The van der Waals surface area contributed by atoms with Crippen LogP contribution in [0.15, 0.2) is 12.1 Å². The van der Waals surface area contributed by atoms with Crippen molar-refractivity contribution in [3.05, 3.63) is 21.9 Å². The summed E-state index contributed by atoms with van der Waals surface area (Å²) in [6.07, 6.45) is 0.546. The number of rotatable bonds is 4. The van der Waals surface area contributed by atoms with Gasteiger partial charge < -0.3 is 4.74 Å². The third kappa shape index (κ3) is 2.24. The Morgan fingerprint density at radius 1 is 1.56 bits per heavy atom. The second-order valence-electron chi connectivity index (χ2n) is 3.58. The third-order valence-electron chi connectivity index (χ3n) is 2.46. The number of carbonyl (C=O) groups excluding carboxylic acids is 2. The standard InChI is InChI=1S/C11H13NO3S/c1-2-8-3-4-10(16-8)9(13)7-12-5-6-15-11(12)14/h3-4H,2,5-7H2,1H3. The molecule has 1 aliphatic heterocycles. The number of nitrogens with zero attached hydrogens (tertiary/aromatic N) is 1. The second-order valence-corrected chi connectivity index (χ2v) is 4.75. The minimum Gasteiger partial charge on any atom is -0.448 e. The van der Waals surface area contributed by atoms with Crippen LogP contribution in [-0.4, -0.2) is 36.5 Å². The highest BCUT2D eigenvalue weighted by molar-refractivity contribution is 7.14. The van der Waals surface area contributed by atoms with Crippen molar-refractivity contribution < 1.29 is 14.3 Å². The summed E-state index contributed by atoms with van der Waals surface area (Å²) in [5.41, 5.74) is 0. The minimum atomic E-state index is -0.388. The number of ketones is 1. The Bertz CT molecular complexity index is 413. The number of cyclic esters (lactones) is 1. The number of amides is 1. The first-order chi connectivity index (χ1) is 7.70. The van der Waals surface area contributed by atoms with E-state index in [2.05, 4.69) is 6.92 Å². The Hall–Kier alpha value is -1.36. The van der Waals surface area contributed by atoms with Crippen LogP contribution in [0.3, 0.4) is 0 Å². The van der Waals surface area contributed by atoms with Crippen LogP contribution in [0.1, 0.15) is 21.5 Å². The molecule has 1 saturated heterocycles. The van der Waals surface area contributed by atoms with Gasteiger partial charge in [-0.3, -0.25) is 9.69 Å². The van der Waals surface area contributed by atoms with E-state index in [-0.39, 0.29) is 18.4 Å². The van der Waals surface area contributed by atoms with Crippen LogP contribution in [0.4, 0.5) is 4.79 Å². The topological polar surface area (TPSA) is 46.6 Å². The molecule has 1 aromatic rings. The van der Waals surface area contributed by atoms with E-state index >= 15 is 0 Å². The molecule has 0 spiro atoms. The van der Waals surface area contributed by atoms with Gasteiger partial charge in [0.05, 0.1) is 18.0 Å². The second kappa shape index (κ2) is 4.65. The quantitative estimate of drug-likeness (QED) is 0.754. The molecule has 2 heterocycles. The number of Topliss-reactive ketones (excluding diaryl/α,β-unsaturated/α-hetero) is 1. The molecule has 0 unspecified atom stereocenters. The summed E-state index contributed by atoms with van der Waals surface area (Å²) >= 11 is 1.50. The smallest absolute Gasteiger partial charge is 0.410 e. The molecule has 86 valence electrons. The predicted octanol–water partition coefficient (Wildman–Crippen LogP) is 1.95. The Morgan fingerprint density at radius 3 is 2.94 bits per heavy atom. The van der Waals surface area contributed by atoms with Crippen LogP contribution in [0, 0.1) is 0 Å². The van der Waals surface area contributed by atoms with Gasteiger partial charge in [-0.2, -0.15) is 0 Å². The van der Waals surface area contributed by atoms with Gasteiger partial charge in [0.15, 0.2) is 5.78 Å². The van der Waals surface area contributed by atoms with E-state index in [0.717, 1.165) is 11.3 Å².